The number of aryl methyl sites for hydroxylation is 1. The second kappa shape index (κ2) is 9.02. The van der Waals surface area contributed by atoms with Crippen LogP contribution in [0.25, 0.3) is 0 Å². The van der Waals surface area contributed by atoms with E-state index in [1.54, 1.807) is 14.2 Å². The number of rotatable bonds is 5. The van der Waals surface area contributed by atoms with Crippen molar-refractivity contribution < 1.29 is 14.3 Å². The van der Waals surface area contributed by atoms with Gasteiger partial charge in [-0.05, 0) is 72.9 Å². The molecule has 0 saturated carbocycles. The lowest BCUT2D eigenvalue weighted by molar-refractivity contribution is 0.195. The first-order valence-electron chi connectivity index (χ1n) is 10.5. The molecule has 1 atom stereocenters. The van der Waals surface area contributed by atoms with E-state index < -0.39 is 0 Å². The zero-order valence-electron chi connectivity index (χ0n) is 18.4. The van der Waals surface area contributed by atoms with Crippen LogP contribution in [0.3, 0.4) is 0 Å². The number of urea groups is 1. The molecule has 0 bridgehead atoms. The smallest absolute Gasteiger partial charge is 0.322 e. The molecule has 1 aliphatic rings. The monoisotopic (exact) mass is 436 g/mol. The Hall–Kier alpha value is -2.99. The van der Waals surface area contributed by atoms with Crippen molar-refractivity contribution in [1.29, 1.82) is 0 Å². The van der Waals surface area contributed by atoms with E-state index in [0.717, 1.165) is 35.6 Å². The number of hydrogen-bond acceptors (Lipinski definition) is 4. The van der Waals surface area contributed by atoms with Gasteiger partial charge in [-0.15, -0.1) is 11.3 Å². The summed E-state index contributed by atoms with van der Waals surface area (Å²) in [7, 11) is 3.30. The van der Waals surface area contributed by atoms with Crippen LogP contribution in [-0.2, 0) is 12.8 Å². The predicted octanol–water partition coefficient (Wildman–Crippen LogP) is 5.82. The first-order chi connectivity index (χ1) is 15.0. The Kier molecular flexibility index (Phi) is 6.18. The maximum atomic E-state index is 13.4. The highest BCUT2D eigenvalue weighted by Gasteiger charge is 2.35. The number of nitrogens with zero attached hydrogens (tertiary/aromatic N) is 1. The average Bonchev–Trinajstić information content (AvgIpc) is 3.13. The Morgan fingerprint density at radius 2 is 1.68 bits per heavy atom. The summed E-state index contributed by atoms with van der Waals surface area (Å²) in [4.78, 5) is 17.9. The molecule has 6 heteroatoms. The zero-order valence-corrected chi connectivity index (χ0v) is 19.2. The number of carbonyl (C=O) groups excluding carboxylic acids is 1. The minimum Gasteiger partial charge on any atom is -0.497 e. The maximum Gasteiger partial charge on any atom is 0.322 e. The number of nitrogens with one attached hydrogen (secondary N) is 1. The van der Waals surface area contributed by atoms with Gasteiger partial charge in [-0.1, -0.05) is 19.1 Å². The molecule has 0 fully saturated rings. The van der Waals surface area contributed by atoms with Gasteiger partial charge in [0.25, 0.3) is 0 Å². The topological polar surface area (TPSA) is 50.8 Å². The molecule has 1 unspecified atom stereocenters. The van der Waals surface area contributed by atoms with Gasteiger partial charge in [0.1, 0.15) is 11.5 Å². The van der Waals surface area contributed by atoms with Gasteiger partial charge in [-0.3, -0.25) is 0 Å². The number of ether oxygens (including phenoxy) is 2. The number of fused-ring (bicyclic) bond motifs is 1. The van der Waals surface area contributed by atoms with Crippen molar-refractivity contribution >= 4 is 23.1 Å². The number of thiophene rings is 1. The van der Waals surface area contributed by atoms with E-state index in [1.807, 2.05) is 52.6 Å². The van der Waals surface area contributed by atoms with Crippen molar-refractivity contribution in [2.45, 2.75) is 32.7 Å². The van der Waals surface area contributed by atoms with E-state index in [9.17, 15) is 4.79 Å². The van der Waals surface area contributed by atoms with E-state index in [4.69, 9.17) is 9.47 Å². The third-order valence-electron chi connectivity index (χ3n) is 5.90. The summed E-state index contributed by atoms with van der Waals surface area (Å²) < 4.78 is 10.6. The molecule has 4 rings (SSSR count). The fourth-order valence-electron chi connectivity index (χ4n) is 4.32. The van der Waals surface area contributed by atoms with Gasteiger partial charge in [0.05, 0.1) is 20.3 Å². The molecular weight excluding hydrogens is 408 g/mol. The molecule has 2 aromatic carbocycles. The fourth-order valence-corrected chi connectivity index (χ4v) is 5.76. The number of methoxy groups -OCH3 is 2. The first-order valence-corrected chi connectivity index (χ1v) is 11.3. The van der Waals surface area contributed by atoms with Crippen molar-refractivity contribution in [3.8, 4) is 11.5 Å². The second-order valence-electron chi connectivity index (χ2n) is 7.61. The second-order valence-corrected chi connectivity index (χ2v) is 8.87. The average molecular weight is 437 g/mol. The van der Waals surface area contributed by atoms with Crippen molar-refractivity contribution in [2.75, 3.05) is 26.1 Å². The Balaban J connectivity index is 1.69. The van der Waals surface area contributed by atoms with Crippen LogP contribution in [0.5, 0.6) is 11.5 Å². The minimum absolute atomic E-state index is 0.0965. The third kappa shape index (κ3) is 4.12. The van der Waals surface area contributed by atoms with Crippen molar-refractivity contribution in [3.63, 3.8) is 0 Å². The largest absolute Gasteiger partial charge is 0.497 e. The molecular formula is C25H28N2O3S. The van der Waals surface area contributed by atoms with Crippen LogP contribution in [-0.4, -0.2) is 31.7 Å². The SMILES string of the molecule is CCc1c(C)sc2c1CCN(C(=O)Nc1ccc(OC)cc1)C2c1ccc(OC)cc1. The van der Waals surface area contributed by atoms with E-state index >= 15 is 0 Å². The van der Waals surface area contributed by atoms with E-state index in [2.05, 4.69) is 31.3 Å². The van der Waals surface area contributed by atoms with Crippen LogP contribution >= 0.6 is 11.3 Å². The molecule has 0 aliphatic carbocycles. The lowest BCUT2D eigenvalue weighted by Gasteiger charge is -2.36. The Bertz CT molecular complexity index is 1060. The molecule has 0 saturated heterocycles. The minimum atomic E-state index is -0.114. The Morgan fingerprint density at radius 3 is 2.26 bits per heavy atom. The molecule has 1 N–H and O–H groups in total. The molecule has 2 amide bonds. The van der Waals surface area contributed by atoms with E-state index in [-0.39, 0.29) is 12.1 Å². The highest BCUT2D eigenvalue weighted by Crippen LogP contribution is 2.43. The van der Waals surface area contributed by atoms with Gasteiger partial charge in [-0.2, -0.15) is 0 Å². The summed E-state index contributed by atoms with van der Waals surface area (Å²) in [6.45, 7) is 5.07. The van der Waals surface area contributed by atoms with Crippen LogP contribution in [0.2, 0.25) is 0 Å². The third-order valence-corrected chi connectivity index (χ3v) is 7.14. The van der Waals surface area contributed by atoms with Crippen LogP contribution < -0.4 is 14.8 Å². The van der Waals surface area contributed by atoms with Crippen LogP contribution in [0, 0.1) is 6.92 Å². The van der Waals surface area contributed by atoms with Crippen molar-refractivity contribution in [2.24, 2.45) is 0 Å². The highest BCUT2D eigenvalue weighted by molar-refractivity contribution is 7.12. The highest BCUT2D eigenvalue weighted by atomic mass is 32.1. The normalized spacial score (nSPS) is 15.4. The molecule has 5 nitrogen and oxygen atoms in total. The predicted molar refractivity (Wildman–Crippen MR) is 126 cm³/mol. The van der Waals surface area contributed by atoms with Gasteiger partial charge < -0.3 is 19.7 Å². The lowest BCUT2D eigenvalue weighted by atomic mass is 9.92. The standard InChI is InChI=1S/C25H28N2O3S/c1-5-21-16(2)31-24-22(21)14-15-27(23(24)17-6-10-19(29-3)11-7-17)25(28)26-18-8-12-20(30-4)13-9-18/h6-13,23H,5,14-15H2,1-4H3,(H,26,28). The fraction of sp³-hybridized carbons (Fsp3) is 0.320. The van der Waals surface area contributed by atoms with Gasteiger partial charge in [0, 0.05) is 22.0 Å². The van der Waals surface area contributed by atoms with Crippen LogP contribution in [0.1, 0.15) is 39.4 Å². The molecule has 3 aromatic rings. The maximum absolute atomic E-state index is 13.4. The lowest BCUT2D eigenvalue weighted by Crippen LogP contribution is -2.42. The molecule has 162 valence electrons. The van der Waals surface area contributed by atoms with Crippen LogP contribution in [0.4, 0.5) is 10.5 Å². The molecule has 1 aromatic heterocycles. The summed E-state index contributed by atoms with van der Waals surface area (Å²) in [5, 5.41) is 3.06. The number of carbonyl (C=O) groups is 1. The zero-order chi connectivity index (χ0) is 22.0. The van der Waals surface area contributed by atoms with E-state index in [0.29, 0.717) is 6.54 Å². The quantitative estimate of drug-likeness (QED) is 0.549. The van der Waals surface area contributed by atoms with E-state index in [1.165, 1.54) is 20.9 Å². The molecule has 31 heavy (non-hydrogen) atoms. The molecule has 0 radical (unpaired) electrons. The first kappa shape index (κ1) is 21.2. The summed E-state index contributed by atoms with van der Waals surface area (Å²) in [6, 6.07) is 15.3. The van der Waals surface area contributed by atoms with Gasteiger partial charge >= 0.3 is 6.03 Å². The molecule has 2 heterocycles. The van der Waals surface area contributed by atoms with Crippen LogP contribution in [0.15, 0.2) is 48.5 Å². The Labute approximate surface area is 187 Å². The summed E-state index contributed by atoms with van der Waals surface area (Å²) in [5.74, 6) is 1.57. The van der Waals surface area contributed by atoms with Crippen molar-refractivity contribution in [1.82, 2.24) is 4.90 Å². The Morgan fingerprint density at radius 1 is 1.06 bits per heavy atom. The molecule has 1 aliphatic heterocycles. The molecule has 0 spiro atoms. The number of benzene rings is 2. The van der Waals surface area contributed by atoms with Gasteiger partial charge in [0.15, 0.2) is 0 Å². The summed E-state index contributed by atoms with van der Waals surface area (Å²) in [6.07, 6.45) is 1.90. The number of hydrogen-bond donors (Lipinski definition) is 1. The number of amides is 2. The van der Waals surface area contributed by atoms with Gasteiger partial charge in [-0.25, -0.2) is 4.79 Å². The summed E-state index contributed by atoms with van der Waals surface area (Å²) in [5.41, 5.74) is 4.70. The van der Waals surface area contributed by atoms with Crippen molar-refractivity contribution in [3.05, 3.63) is 75.0 Å². The summed E-state index contributed by atoms with van der Waals surface area (Å²) >= 11 is 1.82. The van der Waals surface area contributed by atoms with Gasteiger partial charge in [0.2, 0.25) is 0 Å². The number of anilines is 1.